The second kappa shape index (κ2) is 36.8. The Morgan fingerprint density at radius 3 is 0.918 bits per heavy atom. The maximum Gasteiger partial charge on any atom is 0.0759 e. The van der Waals surface area contributed by atoms with Crippen LogP contribution in [0, 0.1) is 23.7 Å². The number of halogens is 2. The Labute approximate surface area is 625 Å². The van der Waals surface area contributed by atoms with E-state index in [1.165, 1.54) is 338 Å². The molecule has 0 radical (unpaired) electrons. The molecule has 522 valence electrons. The third kappa shape index (κ3) is 16.9. The van der Waals surface area contributed by atoms with Crippen LogP contribution in [0.2, 0.25) is 0 Å². The number of hydrogen-bond donors (Lipinski definition) is 0. The maximum atomic E-state index is 4.22. The van der Waals surface area contributed by atoms with Gasteiger partial charge in [-0.15, -0.1) is 56.7 Å². The molecule has 11 rings (SSSR count). The molecule has 0 N–H and O–H groups in total. The molecule has 5 heterocycles. The van der Waals surface area contributed by atoms with Crippen molar-refractivity contribution in [2.75, 3.05) is 0 Å². The van der Waals surface area contributed by atoms with Gasteiger partial charge in [-0.2, -0.15) is 0 Å². The lowest BCUT2D eigenvalue weighted by Gasteiger charge is -2.34. The molecule has 0 spiro atoms. The first-order chi connectivity index (χ1) is 47.6. The Hall–Kier alpha value is -3.14. The van der Waals surface area contributed by atoms with Gasteiger partial charge in [0, 0.05) is 21.4 Å². The molecule has 0 fully saturated rings. The third-order valence-corrected chi connectivity index (χ3v) is 30.3. The molecule has 5 aromatic heterocycles. The Balaban J connectivity index is 1.11. The predicted molar refractivity (Wildman–Crippen MR) is 443 cm³/mol. The lowest BCUT2D eigenvalue weighted by molar-refractivity contribution is 0.410. The van der Waals surface area contributed by atoms with Crippen LogP contribution in [-0.2, 0) is 36.5 Å². The fourth-order valence-electron chi connectivity index (χ4n) is 17.6. The normalized spacial score (nSPS) is 16.9. The summed E-state index contributed by atoms with van der Waals surface area (Å²) in [5.41, 5.74) is 16.7. The lowest BCUT2D eigenvalue weighted by Crippen LogP contribution is -2.29. The van der Waals surface area contributed by atoms with Crippen LogP contribution in [0.15, 0.2) is 117 Å². The van der Waals surface area contributed by atoms with Crippen LogP contribution in [0.4, 0.5) is 0 Å². The van der Waals surface area contributed by atoms with E-state index in [-0.39, 0.29) is 0 Å². The monoisotopic (exact) mass is 1520 g/mol. The highest BCUT2D eigenvalue weighted by molar-refractivity contribution is 9.11. The van der Waals surface area contributed by atoms with Gasteiger partial charge in [0.25, 0.3) is 0 Å². The summed E-state index contributed by atoms with van der Waals surface area (Å²) in [6.45, 7) is 18.9. The fourth-order valence-corrected chi connectivity index (χ4v) is 26.0. The Kier molecular flexibility index (Phi) is 28.5. The minimum atomic E-state index is -0.523. The maximum absolute atomic E-state index is 4.22. The summed E-state index contributed by atoms with van der Waals surface area (Å²) in [4.78, 5) is 5.92. The van der Waals surface area contributed by atoms with Gasteiger partial charge in [0.2, 0.25) is 0 Å². The third-order valence-electron chi connectivity index (χ3n) is 22.9. The number of unbranched alkanes of at least 4 members (excludes halogenated alkanes) is 16. The summed E-state index contributed by atoms with van der Waals surface area (Å²) in [5.74, 6) is 2.92. The Morgan fingerprint density at radius 1 is 0.278 bits per heavy atom. The fraction of sp³-hybridized carbons (Fsp3) is 0.556. The highest BCUT2D eigenvalue weighted by Gasteiger charge is 2.56. The summed E-state index contributed by atoms with van der Waals surface area (Å²) in [6, 6.07) is 46.5. The minimum absolute atomic E-state index is 0.504. The van der Waals surface area contributed by atoms with E-state index in [9.17, 15) is 0 Å². The van der Waals surface area contributed by atoms with Crippen molar-refractivity contribution in [2.24, 2.45) is 23.7 Å². The first-order valence-electron chi connectivity index (χ1n) is 39.6. The van der Waals surface area contributed by atoms with Gasteiger partial charge in [-0.1, -0.05) is 358 Å². The SMILES string of the molecule is CCCCCCC(CCCC)Cc1ccc(C2(c3ccc(CC(CCCC)CCCCCC)cc3)c3cc(Br)sc3-c3sc4c5c(sc4c32)-c2sc3cc(Br)sc3c2C5(c2ccc(CC(CCCC)CCCCCC)cc2)c2ccc(CC(CCCC)CCCCCC)cc2)cc1. The highest BCUT2D eigenvalue weighted by atomic mass is 79.9. The Bertz CT molecular complexity index is 3680. The van der Waals surface area contributed by atoms with Crippen molar-refractivity contribution in [1.29, 1.82) is 0 Å². The number of thiophene rings is 5. The van der Waals surface area contributed by atoms with E-state index in [1.54, 1.807) is 5.56 Å². The second-order valence-electron chi connectivity index (χ2n) is 30.1. The molecule has 4 aromatic carbocycles. The molecule has 97 heavy (non-hydrogen) atoms. The van der Waals surface area contributed by atoms with Crippen LogP contribution in [0.25, 0.3) is 38.3 Å². The molecule has 2 aliphatic rings. The van der Waals surface area contributed by atoms with Crippen LogP contribution < -0.4 is 0 Å². The lowest BCUT2D eigenvalue weighted by atomic mass is 9.67. The van der Waals surface area contributed by atoms with Crippen molar-refractivity contribution in [3.05, 3.63) is 184 Å². The van der Waals surface area contributed by atoms with Gasteiger partial charge in [0.05, 0.1) is 52.0 Å². The van der Waals surface area contributed by atoms with Crippen LogP contribution in [-0.4, -0.2) is 0 Å². The second-order valence-corrected chi connectivity index (χ2v) is 38.1. The zero-order valence-corrected chi connectivity index (χ0v) is 68.2. The number of rotatable bonds is 44. The van der Waals surface area contributed by atoms with Gasteiger partial charge in [0.15, 0.2) is 0 Å². The number of fused-ring (bicyclic) bond motifs is 11. The summed E-state index contributed by atoms with van der Waals surface area (Å²) in [7, 11) is 0. The first kappa shape index (κ1) is 75.0. The average Bonchev–Trinajstić information content (AvgIpc) is 1.49. The van der Waals surface area contributed by atoms with Crippen molar-refractivity contribution < 1.29 is 0 Å². The molecule has 4 unspecified atom stereocenters. The van der Waals surface area contributed by atoms with Crippen molar-refractivity contribution in [3.8, 4) is 19.5 Å². The van der Waals surface area contributed by atoms with E-state index in [1.807, 2.05) is 22.7 Å². The van der Waals surface area contributed by atoms with Crippen molar-refractivity contribution in [2.45, 2.75) is 297 Å². The van der Waals surface area contributed by atoms with Crippen molar-refractivity contribution in [3.63, 3.8) is 0 Å². The van der Waals surface area contributed by atoms with E-state index in [2.05, 4.69) is 230 Å². The smallest absolute Gasteiger partial charge is 0.0759 e. The largest absolute Gasteiger partial charge is 0.133 e. The molecule has 9 aromatic rings. The van der Waals surface area contributed by atoms with Gasteiger partial charge in [-0.3, -0.25) is 0 Å². The summed E-state index contributed by atoms with van der Waals surface area (Å²) >= 11 is 18.6. The molecule has 4 atom stereocenters. The molecule has 0 saturated heterocycles. The van der Waals surface area contributed by atoms with Gasteiger partial charge in [0.1, 0.15) is 0 Å². The summed E-state index contributed by atoms with van der Waals surface area (Å²) in [5, 5.41) is 0. The molecular weight excluding hydrogens is 1400 g/mol. The quantitative estimate of drug-likeness (QED) is 0.0334. The average molecular weight is 1520 g/mol. The highest BCUT2D eigenvalue weighted by Crippen LogP contribution is 2.71. The van der Waals surface area contributed by atoms with E-state index in [0.29, 0.717) is 0 Å². The minimum Gasteiger partial charge on any atom is -0.133 e. The van der Waals surface area contributed by atoms with E-state index >= 15 is 0 Å². The molecule has 0 nitrogen and oxygen atoms in total. The zero-order chi connectivity index (χ0) is 67.7. The molecular formula is C90H118Br2S5. The van der Waals surface area contributed by atoms with Crippen molar-refractivity contribution in [1.82, 2.24) is 0 Å². The molecule has 7 heteroatoms. The summed E-state index contributed by atoms with van der Waals surface area (Å²) in [6.07, 6.45) is 47.2. The first-order valence-corrected chi connectivity index (χ1v) is 45.2. The Morgan fingerprint density at radius 2 is 0.567 bits per heavy atom. The molecule has 0 saturated carbocycles. The van der Waals surface area contributed by atoms with Gasteiger partial charge >= 0.3 is 0 Å². The topological polar surface area (TPSA) is 0 Å². The van der Waals surface area contributed by atoms with Crippen LogP contribution in [0.5, 0.6) is 0 Å². The van der Waals surface area contributed by atoms with Crippen LogP contribution >= 0.6 is 88.5 Å². The molecule has 0 aliphatic heterocycles. The standard InChI is InChI=1S/C90H118Br2S5/c1-9-17-25-29-37-63(33-21-13-5)57-67-41-49-71(50-42-67)89(72-51-43-68(44-52-72)58-64(34-22-14-6)38-30-26-18-10-2)75-61-77(91)94-82(75)84-80(89)86-88(96-84)81-87(97-86)85-79(83-76(93-85)62-78(92)95-83)90(81,73-53-45-69(46-54-73)59-65(35-23-15-7)39-31-27-19-11-3)74-55-47-70(48-56-74)60-66(36-24-16-8)40-32-28-20-12-4/h41-56,61-66H,9-40,57-60H2,1-8H3. The number of hydrogen-bond acceptors (Lipinski definition) is 5. The van der Waals surface area contributed by atoms with Crippen molar-refractivity contribution >= 4 is 107 Å². The molecule has 2 aliphatic carbocycles. The molecule has 0 bridgehead atoms. The van der Waals surface area contributed by atoms with Crippen LogP contribution in [0.1, 0.15) is 328 Å². The van der Waals surface area contributed by atoms with Gasteiger partial charge < -0.3 is 0 Å². The zero-order valence-electron chi connectivity index (χ0n) is 61.0. The predicted octanol–water partition coefficient (Wildman–Crippen LogP) is 31.8. The van der Waals surface area contributed by atoms with E-state index in [4.69, 9.17) is 0 Å². The van der Waals surface area contributed by atoms with Gasteiger partial charge in [-0.05, 0) is 143 Å². The van der Waals surface area contributed by atoms with Crippen LogP contribution in [0.3, 0.4) is 0 Å². The van der Waals surface area contributed by atoms with E-state index < -0.39 is 10.8 Å². The van der Waals surface area contributed by atoms with E-state index in [0.717, 1.165) is 23.7 Å². The number of benzene rings is 4. The van der Waals surface area contributed by atoms with Gasteiger partial charge in [-0.25, -0.2) is 0 Å². The molecule has 0 amide bonds. The summed E-state index contributed by atoms with van der Waals surface area (Å²) < 4.78 is 8.32.